The normalized spacial score (nSPS) is 24.5. The van der Waals surface area contributed by atoms with E-state index in [0.29, 0.717) is 11.9 Å². The molecule has 136 valence electrons. The molecule has 1 saturated carbocycles. The molecule has 0 aromatic heterocycles. The first kappa shape index (κ1) is 17.8. The van der Waals surface area contributed by atoms with Crippen LogP contribution in [0.15, 0.2) is 23.2 Å². The average Bonchev–Trinajstić information content (AvgIpc) is 2.81. The zero-order valence-corrected chi connectivity index (χ0v) is 15.5. The van der Waals surface area contributed by atoms with Gasteiger partial charge in [0.2, 0.25) is 0 Å². The van der Waals surface area contributed by atoms with Crippen molar-refractivity contribution in [3.05, 3.63) is 29.3 Å². The molecule has 1 aromatic carbocycles. The predicted octanol–water partition coefficient (Wildman–Crippen LogP) is 3.18. The second-order valence-electron chi connectivity index (χ2n) is 7.61. The first-order chi connectivity index (χ1) is 11.9. The monoisotopic (exact) mass is 343 g/mol. The molecule has 1 aromatic rings. The summed E-state index contributed by atoms with van der Waals surface area (Å²) in [4.78, 5) is 18.9. The van der Waals surface area contributed by atoms with Crippen LogP contribution in [0.3, 0.4) is 0 Å². The molecule has 1 fully saturated rings. The average molecular weight is 343 g/mol. The summed E-state index contributed by atoms with van der Waals surface area (Å²) in [5.74, 6) is 1.55. The van der Waals surface area contributed by atoms with Crippen LogP contribution in [-0.4, -0.2) is 36.0 Å². The van der Waals surface area contributed by atoms with E-state index in [-0.39, 0.29) is 12.5 Å². The standard InChI is InChI=1S/C20H29N3O2/c1-14-9-10-17(11-15(14)2)25-13-20(12-16-7-5-4-6-8-16)18(24)23(3)19(21)22-20/h9-11,16H,4-8,12-13H2,1-3H3,(H2,21,22). The van der Waals surface area contributed by atoms with Crippen molar-refractivity contribution in [2.75, 3.05) is 13.7 Å². The largest absolute Gasteiger partial charge is 0.490 e. The van der Waals surface area contributed by atoms with E-state index >= 15 is 0 Å². The van der Waals surface area contributed by atoms with E-state index in [2.05, 4.69) is 18.8 Å². The van der Waals surface area contributed by atoms with Gasteiger partial charge in [-0.05, 0) is 49.4 Å². The third kappa shape index (κ3) is 3.65. The third-order valence-electron chi connectivity index (χ3n) is 5.68. The number of guanidine groups is 1. The number of ether oxygens (including phenoxy) is 1. The Kier molecular flexibility index (Phi) is 5.02. The van der Waals surface area contributed by atoms with Crippen molar-refractivity contribution >= 4 is 11.9 Å². The molecular formula is C20H29N3O2. The number of likely N-dealkylation sites (N-methyl/N-ethyl adjacent to an activating group) is 1. The van der Waals surface area contributed by atoms with E-state index in [1.54, 1.807) is 7.05 Å². The molecule has 5 nitrogen and oxygen atoms in total. The highest BCUT2D eigenvalue weighted by Gasteiger charge is 2.48. The molecule has 1 aliphatic carbocycles. The van der Waals surface area contributed by atoms with Gasteiger partial charge in [0.1, 0.15) is 12.4 Å². The van der Waals surface area contributed by atoms with Gasteiger partial charge in [0, 0.05) is 7.05 Å². The maximum absolute atomic E-state index is 12.9. The van der Waals surface area contributed by atoms with E-state index in [9.17, 15) is 4.79 Å². The Morgan fingerprint density at radius 3 is 2.56 bits per heavy atom. The van der Waals surface area contributed by atoms with E-state index < -0.39 is 5.54 Å². The van der Waals surface area contributed by atoms with Crippen LogP contribution in [0.4, 0.5) is 0 Å². The summed E-state index contributed by atoms with van der Waals surface area (Å²) in [7, 11) is 1.69. The number of hydrogen-bond acceptors (Lipinski definition) is 4. The van der Waals surface area contributed by atoms with Crippen molar-refractivity contribution in [3.8, 4) is 5.75 Å². The van der Waals surface area contributed by atoms with Gasteiger partial charge >= 0.3 is 0 Å². The van der Waals surface area contributed by atoms with Crippen LogP contribution in [-0.2, 0) is 4.79 Å². The van der Waals surface area contributed by atoms with Crippen LogP contribution in [0, 0.1) is 19.8 Å². The fraction of sp³-hybridized carbons (Fsp3) is 0.600. The van der Waals surface area contributed by atoms with Gasteiger partial charge in [-0.2, -0.15) is 0 Å². The lowest BCUT2D eigenvalue weighted by molar-refractivity contribution is -0.132. The number of nitrogens with zero attached hydrogens (tertiary/aromatic N) is 2. The van der Waals surface area contributed by atoms with E-state index in [0.717, 1.165) is 25.0 Å². The molecule has 5 heteroatoms. The Balaban J connectivity index is 1.79. The van der Waals surface area contributed by atoms with Gasteiger partial charge in [0.25, 0.3) is 5.91 Å². The van der Waals surface area contributed by atoms with Crippen LogP contribution < -0.4 is 10.5 Å². The molecule has 1 unspecified atom stereocenters. The number of carbonyl (C=O) groups is 1. The molecule has 1 amide bonds. The molecule has 2 N–H and O–H groups in total. The molecule has 2 aliphatic rings. The van der Waals surface area contributed by atoms with Gasteiger partial charge in [-0.15, -0.1) is 0 Å². The molecule has 1 heterocycles. The number of nitrogens with two attached hydrogens (primary N) is 1. The predicted molar refractivity (Wildman–Crippen MR) is 99.7 cm³/mol. The molecule has 0 spiro atoms. The minimum Gasteiger partial charge on any atom is -0.490 e. The van der Waals surface area contributed by atoms with Gasteiger partial charge in [-0.25, -0.2) is 4.99 Å². The summed E-state index contributed by atoms with van der Waals surface area (Å²) >= 11 is 0. The number of carbonyl (C=O) groups excluding carboxylic acids is 1. The zero-order chi connectivity index (χ0) is 18.0. The number of aryl methyl sites for hydroxylation is 2. The van der Waals surface area contributed by atoms with E-state index in [4.69, 9.17) is 10.5 Å². The lowest BCUT2D eigenvalue weighted by atomic mass is 9.79. The summed E-state index contributed by atoms with van der Waals surface area (Å²) in [5.41, 5.74) is 7.49. The van der Waals surface area contributed by atoms with Crippen molar-refractivity contribution in [2.24, 2.45) is 16.6 Å². The Hall–Kier alpha value is -2.04. The summed E-state index contributed by atoms with van der Waals surface area (Å²) in [6.45, 7) is 4.38. The molecule has 0 saturated heterocycles. The number of hydrogen-bond donors (Lipinski definition) is 1. The van der Waals surface area contributed by atoms with Crippen molar-refractivity contribution in [3.63, 3.8) is 0 Å². The van der Waals surface area contributed by atoms with Gasteiger partial charge in [-0.3, -0.25) is 9.69 Å². The van der Waals surface area contributed by atoms with Crippen molar-refractivity contribution in [1.29, 1.82) is 0 Å². The van der Waals surface area contributed by atoms with E-state index in [1.807, 2.05) is 18.2 Å². The second-order valence-corrected chi connectivity index (χ2v) is 7.61. The fourth-order valence-electron chi connectivity index (χ4n) is 3.92. The van der Waals surface area contributed by atoms with Crippen LogP contribution in [0.5, 0.6) is 5.75 Å². The summed E-state index contributed by atoms with van der Waals surface area (Å²) in [6.07, 6.45) is 6.82. The Morgan fingerprint density at radius 1 is 1.24 bits per heavy atom. The maximum atomic E-state index is 12.9. The highest BCUT2D eigenvalue weighted by molar-refractivity contribution is 6.06. The quantitative estimate of drug-likeness (QED) is 0.893. The highest BCUT2D eigenvalue weighted by atomic mass is 16.5. The third-order valence-corrected chi connectivity index (χ3v) is 5.68. The van der Waals surface area contributed by atoms with Crippen LogP contribution >= 0.6 is 0 Å². The highest BCUT2D eigenvalue weighted by Crippen LogP contribution is 2.36. The van der Waals surface area contributed by atoms with Crippen LogP contribution in [0.2, 0.25) is 0 Å². The van der Waals surface area contributed by atoms with Crippen LogP contribution in [0.1, 0.15) is 49.7 Å². The second kappa shape index (κ2) is 7.06. The zero-order valence-electron chi connectivity index (χ0n) is 15.5. The Bertz CT molecular complexity index is 680. The molecule has 3 rings (SSSR count). The SMILES string of the molecule is Cc1ccc(OCC2(CC3CCCCC3)N=C(N)N(C)C2=O)cc1C. The smallest absolute Gasteiger partial charge is 0.260 e. The van der Waals surface area contributed by atoms with Gasteiger partial charge in [-0.1, -0.05) is 38.2 Å². The minimum absolute atomic E-state index is 0.0422. The number of rotatable bonds is 5. The minimum atomic E-state index is -0.875. The summed E-state index contributed by atoms with van der Waals surface area (Å²) in [6, 6.07) is 6.01. The number of aliphatic imine (C=N–C) groups is 1. The number of benzene rings is 1. The Labute approximate surface area is 150 Å². The van der Waals surface area contributed by atoms with Crippen molar-refractivity contribution in [1.82, 2.24) is 4.90 Å². The molecule has 0 bridgehead atoms. The first-order valence-corrected chi connectivity index (χ1v) is 9.25. The van der Waals surface area contributed by atoms with Gasteiger partial charge in [0.05, 0.1) is 0 Å². The number of amides is 1. The summed E-state index contributed by atoms with van der Waals surface area (Å²) in [5, 5.41) is 0. The maximum Gasteiger partial charge on any atom is 0.260 e. The summed E-state index contributed by atoms with van der Waals surface area (Å²) < 4.78 is 6.03. The van der Waals surface area contributed by atoms with Gasteiger partial charge < -0.3 is 10.5 Å². The van der Waals surface area contributed by atoms with Crippen molar-refractivity contribution < 1.29 is 9.53 Å². The molecule has 1 aliphatic heterocycles. The lowest BCUT2D eigenvalue weighted by Crippen LogP contribution is -2.47. The molecule has 25 heavy (non-hydrogen) atoms. The molecular weight excluding hydrogens is 314 g/mol. The van der Waals surface area contributed by atoms with Crippen LogP contribution in [0.25, 0.3) is 0 Å². The first-order valence-electron chi connectivity index (χ1n) is 9.25. The Morgan fingerprint density at radius 2 is 1.96 bits per heavy atom. The van der Waals surface area contributed by atoms with Crippen molar-refractivity contribution in [2.45, 2.75) is 57.9 Å². The van der Waals surface area contributed by atoms with E-state index in [1.165, 1.54) is 35.3 Å². The lowest BCUT2D eigenvalue weighted by Gasteiger charge is -2.31. The van der Waals surface area contributed by atoms with Gasteiger partial charge in [0.15, 0.2) is 11.5 Å². The molecule has 1 atom stereocenters. The topological polar surface area (TPSA) is 67.9 Å². The molecule has 0 radical (unpaired) electrons. The fourth-order valence-corrected chi connectivity index (χ4v) is 3.92.